The van der Waals surface area contributed by atoms with Gasteiger partial charge in [0.2, 0.25) is 0 Å². The minimum Gasteiger partial charge on any atom is -0.365 e. The molecule has 8 heteroatoms. The van der Waals surface area contributed by atoms with E-state index in [1.54, 1.807) is 24.3 Å². The van der Waals surface area contributed by atoms with Gasteiger partial charge in [-0.25, -0.2) is 15.2 Å². The molecule has 5 nitrogen and oxygen atoms in total. The number of rotatable bonds is 2. The minimum absolute atomic E-state index is 0.331. The molecule has 3 N–H and O–H groups in total. The largest absolute Gasteiger partial charge is 0.365 e. The Balaban J connectivity index is 2.31. The summed E-state index contributed by atoms with van der Waals surface area (Å²) in [7, 11) is 1.49. The lowest BCUT2D eigenvalue weighted by atomic mass is 10.0. The molecule has 0 aliphatic carbocycles. The molecule has 0 radical (unpaired) electrons. The van der Waals surface area contributed by atoms with E-state index >= 15 is 0 Å². The van der Waals surface area contributed by atoms with Crippen molar-refractivity contribution in [3.8, 4) is 0 Å². The Morgan fingerprint density at radius 2 is 2.16 bits per heavy atom. The Kier molecular flexibility index (Phi) is 4.19. The van der Waals surface area contributed by atoms with Crippen molar-refractivity contribution in [3.05, 3.63) is 34.9 Å². The van der Waals surface area contributed by atoms with Gasteiger partial charge in [-0.2, -0.15) is 0 Å². The highest BCUT2D eigenvalue weighted by atomic mass is 35.5. The number of thioether (sulfide) groups is 1. The zero-order valence-corrected chi connectivity index (χ0v) is 12.4. The van der Waals surface area contributed by atoms with E-state index in [1.807, 2.05) is 0 Å². The number of benzene rings is 1. The lowest BCUT2D eigenvalue weighted by Crippen LogP contribution is -2.56. The second-order valence-corrected chi connectivity index (χ2v) is 5.95. The van der Waals surface area contributed by atoms with Gasteiger partial charge in [-0.05, 0) is 12.1 Å². The van der Waals surface area contributed by atoms with E-state index in [4.69, 9.17) is 23.8 Å². The average molecular weight is 318 g/mol. The monoisotopic (exact) mass is 317 g/mol. The fraction of sp³-hybridized carbons (Fsp3) is 0.273. The number of carbonyl (C=O) groups is 1. The molecule has 1 heterocycles. The summed E-state index contributed by atoms with van der Waals surface area (Å²) >= 11 is 12.3. The molecule has 0 saturated carbocycles. The van der Waals surface area contributed by atoms with Crippen LogP contribution < -0.4 is 10.7 Å². The number of carbonyl (C=O) groups excluding carboxylic acids is 1. The molecule has 0 bridgehead atoms. The smallest absolute Gasteiger partial charge is 0.333 e. The third-order valence-corrected chi connectivity index (χ3v) is 4.46. The lowest BCUT2D eigenvalue weighted by molar-refractivity contribution is -0.0641. The van der Waals surface area contributed by atoms with Crippen LogP contribution in [0.25, 0.3) is 0 Å². The maximum atomic E-state index is 11.4. The van der Waals surface area contributed by atoms with Gasteiger partial charge in [0, 0.05) is 17.6 Å². The normalized spacial score (nSPS) is 22.5. The second-order valence-electron chi connectivity index (χ2n) is 3.90. The van der Waals surface area contributed by atoms with E-state index in [1.165, 1.54) is 23.8 Å². The molecule has 102 valence electrons. The third kappa shape index (κ3) is 2.79. The fourth-order valence-corrected chi connectivity index (χ4v) is 3.11. The summed E-state index contributed by atoms with van der Waals surface area (Å²) in [5.41, 5.74) is 1.76. The van der Waals surface area contributed by atoms with Crippen molar-refractivity contribution in [3.63, 3.8) is 0 Å². The Hall–Kier alpha value is -1.02. The zero-order chi connectivity index (χ0) is 14.0. The van der Waals surface area contributed by atoms with E-state index in [0.717, 1.165) is 0 Å². The molecule has 1 aromatic rings. The summed E-state index contributed by atoms with van der Waals surface area (Å²) in [5, 5.41) is 15.0. The van der Waals surface area contributed by atoms with Gasteiger partial charge in [0.15, 0.2) is 10.0 Å². The Morgan fingerprint density at radius 3 is 2.74 bits per heavy atom. The molecule has 1 aliphatic heterocycles. The third-order valence-electron chi connectivity index (χ3n) is 2.70. The van der Waals surface area contributed by atoms with Crippen LogP contribution in [-0.4, -0.2) is 33.3 Å². The molecule has 0 spiro atoms. The maximum Gasteiger partial charge on any atom is 0.333 e. The first-order valence-electron chi connectivity index (χ1n) is 5.41. The molecule has 1 atom stereocenters. The first-order valence-corrected chi connectivity index (χ1v) is 7.18. The van der Waals surface area contributed by atoms with Crippen molar-refractivity contribution in [2.75, 3.05) is 12.8 Å². The summed E-state index contributed by atoms with van der Waals surface area (Å²) in [5.74, 6) is 0.331. The zero-order valence-electron chi connectivity index (χ0n) is 10.0. The average Bonchev–Trinajstić information content (AvgIpc) is 2.68. The van der Waals surface area contributed by atoms with Crippen LogP contribution >= 0.6 is 35.6 Å². The molecule has 0 aromatic heterocycles. The number of thiocarbonyl (C=S) groups is 1. The second kappa shape index (κ2) is 5.54. The van der Waals surface area contributed by atoms with Crippen LogP contribution in [0.1, 0.15) is 5.56 Å². The molecule has 1 aromatic carbocycles. The van der Waals surface area contributed by atoms with Gasteiger partial charge in [-0.3, -0.25) is 0 Å². The van der Waals surface area contributed by atoms with Crippen LogP contribution in [0, 0.1) is 0 Å². The molecule has 19 heavy (non-hydrogen) atoms. The number of nitrogens with one attached hydrogen (secondary N) is 2. The number of urea groups is 1. The highest BCUT2D eigenvalue weighted by Crippen LogP contribution is 2.37. The lowest BCUT2D eigenvalue weighted by Gasteiger charge is -2.33. The quantitative estimate of drug-likeness (QED) is 0.724. The molecular weight excluding hydrogens is 306 g/mol. The highest BCUT2D eigenvalue weighted by Gasteiger charge is 2.45. The topological polar surface area (TPSA) is 64.6 Å². The van der Waals surface area contributed by atoms with Gasteiger partial charge in [-0.15, -0.1) is 0 Å². The SMILES string of the molecule is CNC(=O)NN1C(=S)SCC1(O)c1ccc(Cl)cc1. The van der Waals surface area contributed by atoms with E-state index in [2.05, 4.69) is 10.7 Å². The fourth-order valence-electron chi connectivity index (χ4n) is 1.67. The Morgan fingerprint density at radius 1 is 1.53 bits per heavy atom. The van der Waals surface area contributed by atoms with Crippen LogP contribution in [0.15, 0.2) is 24.3 Å². The predicted molar refractivity (Wildman–Crippen MR) is 79.8 cm³/mol. The number of hydrogen-bond acceptors (Lipinski definition) is 4. The number of hydrazine groups is 1. The first kappa shape index (κ1) is 14.4. The van der Waals surface area contributed by atoms with Crippen molar-refractivity contribution in [2.45, 2.75) is 5.72 Å². The van der Waals surface area contributed by atoms with Crippen LogP contribution in [-0.2, 0) is 5.72 Å². The summed E-state index contributed by atoms with van der Waals surface area (Å²) < 4.78 is 0.404. The molecule has 2 rings (SSSR count). The van der Waals surface area contributed by atoms with E-state index in [9.17, 15) is 9.90 Å². The van der Waals surface area contributed by atoms with Crippen LogP contribution in [0.4, 0.5) is 4.79 Å². The molecule has 1 unspecified atom stereocenters. The molecule has 2 amide bonds. The number of amides is 2. The summed E-state index contributed by atoms with van der Waals surface area (Å²) in [4.78, 5) is 11.4. The van der Waals surface area contributed by atoms with Crippen molar-refractivity contribution in [2.24, 2.45) is 0 Å². The summed E-state index contributed by atoms with van der Waals surface area (Å²) in [6.45, 7) is 0. The van der Waals surface area contributed by atoms with E-state index in [0.29, 0.717) is 20.7 Å². The van der Waals surface area contributed by atoms with Gasteiger partial charge < -0.3 is 10.4 Å². The highest BCUT2D eigenvalue weighted by molar-refractivity contribution is 8.23. The van der Waals surface area contributed by atoms with Gasteiger partial charge in [0.05, 0.1) is 5.75 Å². The van der Waals surface area contributed by atoms with E-state index in [-0.39, 0.29) is 0 Å². The number of nitrogens with zero attached hydrogens (tertiary/aromatic N) is 1. The molecule has 1 saturated heterocycles. The van der Waals surface area contributed by atoms with Gasteiger partial charge in [0.1, 0.15) is 0 Å². The Bertz CT molecular complexity index is 511. The van der Waals surface area contributed by atoms with Gasteiger partial charge in [-0.1, -0.05) is 47.7 Å². The molecular formula is C11H12ClN3O2S2. The maximum absolute atomic E-state index is 11.4. The number of aliphatic hydroxyl groups is 1. The first-order chi connectivity index (χ1) is 8.97. The standard InChI is InChI=1S/C11H12ClN3O2S2/c1-13-9(16)14-15-10(18)19-6-11(15,17)7-2-4-8(12)5-3-7/h2-5,17H,6H2,1H3,(H2,13,14,16). The van der Waals surface area contributed by atoms with Gasteiger partial charge >= 0.3 is 6.03 Å². The number of halogens is 1. The van der Waals surface area contributed by atoms with Crippen LogP contribution in [0.3, 0.4) is 0 Å². The summed E-state index contributed by atoms with van der Waals surface area (Å²) in [6.07, 6.45) is 0. The van der Waals surface area contributed by atoms with Crippen molar-refractivity contribution in [1.82, 2.24) is 15.8 Å². The predicted octanol–water partition coefficient (Wildman–Crippen LogP) is 1.66. The Labute approximate surface area is 125 Å². The summed E-state index contributed by atoms with van der Waals surface area (Å²) in [6, 6.07) is 6.32. The van der Waals surface area contributed by atoms with Crippen LogP contribution in [0.2, 0.25) is 5.02 Å². The number of hydrogen-bond donors (Lipinski definition) is 3. The molecule has 1 aliphatic rings. The van der Waals surface area contributed by atoms with Crippen molar-refractivity contribution >= 4 is 45.9 Å². The van der Waals surface area contributed by atoms with Crippen LogP contribution in [0.5, 0.6) is 0 Å². The molecule has 1 fully saturated rings. The van der Waals surface area contributed by atoms with Crippen molar-refractivity contribution < 1.29 is 9.90 Å². The van der Waals surface area contributed by atoms with E-state index < -0.39 is 11.8 Å². The van der Waals surface area contributed by atoms with Gasteiger partial charge in [0.25, 0.3) is 0 Å². The van der Waals surface area contributed by atoms with Crippen molar-refractivity contribution in [1.29, 1.82) is 0 Å². The minimum atomic E-state index is -1.38.